The highest BCUT2D eigenvalue weighted by Crippen LogP contribution is 2.17. The number of nitrogen functional groups attached to an aromatic ring is 1. The van der Waals surface area contributed by atoms with Crippen LogP contribution < -0.4 is 11.1 Å². The van der Waals surface area contributed by atoms with E-state index in [9.17, 15) is 0 Å². The molecule has 1 aromatic carbocycles. The molecule has 1 aromatic heterocycles. The lowest BCUT2D eigenvalue weighted by Crippen LogP contribution is -2.17. The molecular weight excluding hydrogens is 250 g/mol. The number of anilines is 1. The second kappa shape index (κ2) is 5.85. The van der Waals surface area contributed by atoms with E-state index < -0.39 is 0 Å². The molecule has 2 rings (SSSR count). The van der Waals surface area contributed by atoms with E-state index in [-0.39, 0.29) is 6.04 Å². The Morgan fingerprint density at radius 3 is 2.65 bits per heavy atom. The van der Waals surface area contributed by atoms with Gasteiger partial charge in [0.25, 0.3) is 0 Å². The van der Waals surface area contributed by atoms with Crippen molar-refractivity contribution in [2.24, 2.45) is 0 Å². The van der Waals surface area contributed by atoms with Gasteiger partial charge in [-0.2, -0.15) is 5.26 Å². The largest absolute Gasteiger partial charge is 0.384 e. The lowest BCUT2D eigenvalue weighted by Gasteiger charge is -2.17. The van der Waals surface area contributed by atoms with Crippen LogP contribution in [0.2, 0.25) is 0 Å². The number of nitriles is 1. The fraction of sp³-hybridized carbons (Fsp3) is 0.133. The molecule has 0 radical (unpaired) electrons. The number of rotatable bonds is 4. The van der Waals surface area contributed by atoms with Gasteiger partial charge in [-0.1, -0.05) is 18.7 Å². The third-order valence-electron chi connectivity index (χ3n) is 2.93. The number of nitrogens with zero attached hydrogens (tertiary/aromatic N) is 3. The molecule has 0 unspecified atom stereocenters. The van der Waals surface area contributed by atoms with Gasteiger partial charge in [-0.05, 0) is 24.6 Å². The number of hydrogen-bond donors (Lipinski definition) is 2. The van der Waals surface area contributed by atoms with Crippen molar-refractivity contribution in [1.82, 2.24) is 15.3 Å². The van der Waals surface area contributed by atoms with Gasteiger partial charge in [-0.15, -0.1) is 0 Å². The van der Waals surface area contributed by atoms with E-state index in [2.05, 4.69) is 27.9 Å². The summed E-state index contributed by atoms with van der Waals surface area (Å²) in [6.07, 6.45) is 1.41. The first kappa shape index (κ1) is 13.6. The zero-order valence-electron chi connectivity index (χ0n) is 11.2. The first-order valence-electron chi connectivity index (χ1n) is 6.13. The molecule has 5 heteroatoms. The molecule has 20 heavy (non-hydrogen) atoms. The van der Waals surface area contributed by atoms with Crippen LogP contribution in [0, 0.1) is 11.3 Å². The third kappa shape index (κ3) is 3.12. The van der Waals surface area contributed by atoms with Crippen molar-refractivity contribution in [3.63, 3.8) is 0 Å². The van der Waals surface area contributed by atoms with Crippen molar-refractivity contribution >= 4 is 11.5 Å². The third-order valence-corrected chi connectivity index (χ3v) is 2.93. The molecule has 0 fully saturated rings. The molecule has 0 aliphatic carbocycles. The van der Waals surface area contributed by atoms with Gasteiger partial charge in [-0.3, -0.25) is 0 Å². The van der Waals surface area contributed by atoms with Crippen molar-refractivity contribution in [2.75, 3.05) is 5.73 Å². The van der Waals surface area contributed by atoms with Crippen LogP contribution in [0.5, 0.6) is 0 Å². The molecule has 0 aliphatic rings. The summed E-state index contributed by atoms with van der Waals surface area (Å²) in [5.41, 5.74) is 8.67. The van der Waals surface area contributed by atoms with Crippen LogP contribution in [0.4, 0.5) is 5.82 Å². The van der Waals surface area contributed by atoms with Crippen LogP contribution in [0.15, 0.2) is 43.2 Å². The van der Waals surface area contributed by atoms with Crippen molar-refractivity contribution in [2.45, 2.75) is 13.0 Å². The van der Waals surface area contributed by atoms with E-state index >= 15 is 0 Å². The summed E-state index contributed by atoms with van der Waals surface area (Å²) < 4.78 is 0. The Morgan fingerprint density at radius 1 is 1.35 bits per heavy atom. The highest BCUT2D eigenvalue weighted by Gasteiger charge is 2.08. The van der Waals surface area contributed by atoms with Gasteiger partial charge >= 0.3 is 0 Å². The Kier molecular flexibility index (Phi) is 3.96. The minimum absolute atomic E-state index is 0.0476. The van der Waals surface area contributed by atoms with Crippen LogP contribution in [0.3, 0.4) is 0 Å². The predicted molar refractivity (Wildman–Crippen MR) is 78.2 cm³/mol. The molecule has 0 spiro atoms. The molecule has 1 heterocycles. The molecule has 1 atom stereocenters. The maximum absolute atomic E-state index is 8.78. The SMILES string of the molecule is C=C(N[C@@H](C)c1ccc(C#N)cc1)c1cc(N)ncn1. The van der Waals surface area contributed by atoms with Crippen LogP contribution in [-0.2, 0) is 0 Å². The second-order valence-corrected chi connectivity index (χ2v) is 4.41. The highest BCUT2D eigenvalue weighted by atomic mass is 15.0. The predicted octanol–water partition coefficient (Wildman–Crippen LogP) is 2.25. The van der Waals surface area contributed by atoms with Gasteiger partial charge in [0, 0.05) is 12.1 Å². The van der Waals surface area contributed by atoms with Gasteiger partial charge in [0.2, 0.25) is 0 Å². The van der Waals surface area contributed by atoms with Crippen LogP contribution in [0.1, 0.15) is 29.8 Å². The number of aromatic nitrogens is 2. The Morgan fingerprint density at radius 2 is 2.05 bits per heavy atom. The molecule has 100 valence electrons. The smallest absolute Gasteiger partial charge is 0.127 e. The van der Waals surface area contributed by atoms with Crippen molar-refractivity contribution < 1.29 is 0 Å². The van der Waals surface area contributed by atoms with Crippen LogP contribution in [-0.4, -0.2) is 9.97 Å². The average molecular weight is 265 g/mol. The fourth-order valence-electron chi connectivity index (χ4n) is 1.80. The molecule has 2 aromatic rings. The lowest BCUT2D eigenvalue weighted by atomic mass is 10.1. The molecule has 5 nitrogen and oxygen atoms in total. The fourth-order valence-corrected chi connectivity index (χ4v) is 1.80. The van der Waals surface area contributed by atoms with E-state index in [1.807, 2.05) is 19.1 Å². The maximum atomic E-state index is 8.78. The van der Waals surface area contributed by atoms with Crippen molar-refractivity contribution in [3.05, 3.63) is 60.1 Å². The lowest BCUT2D eigenvalue weighted by molar-refractivity contribution is 0.699. The van der Waals surface area contributed by atoms with E-state index in [0.717, 1.165) is 5.56 Å². The highest BCUT2D eigenvalue weighted by molar-refractivity contribution is 5.60. The summed E-state index contributed by atoms with van der Waals surface area (Å²) in [7, 11) is 0. The molecule has 0 bridgehead atoms. The maximum Gasteiger partial charge on any atom is 0.127 e. The second-order valence-electron chi connectivity index (χ2n) is 4.41. The topological polar surface area (TPSA) is 87.6 Å². The number of nitrogens with two attached hydrogens (primary N) is 1. The van der Waals surface area contributed by atoms with Gasteiger partial charge in [0.1, 0.15) is 12.1 Å². The van der Waals surface area contributed by atoms with Gasteiger partial charge in [-0.25, -0.2) is 9.97 Å². The number of benzene rings is 1. The summed E-state index contributed by atoms with van der Waals surface area (Å²) in [5.74, 6) is 0.406. The summed E-state index contributed by atoms with van der Waals surface area (Å²) in [6.45, 7) is 5.97. The average Bonchev–Trinajstić information content (AvgIpc) is 2.47. The Hall–Kier alpha value is -2.87. The zero-order valence-corrected chi connectivity index (χ0v) is 11.2. The first-order chi connectivity index (χ1) is 9.60. The first-order valence-corrected chi connectivity index (χ1v) is 6.13. The molecule has 0 aliphatic heterocycles. The number of hydrogen-bond acceptors (Lipinski definition) is 5. The Labute approximate surface area is 117 Å². The Balaban J connectivity index is 2.09. The summed E-state index contributed by atoms with van der Waals surface area (Å²) >= 11 is 0. The van der Waals surface area contributed by atoms with Crippen molar-refractivity contribution in [3.8, 4) is 6.07 Å². The monoisotopic (exact) mass is 265 g/mol. The summed E-state index contributed by atoms with van der Waals surface area (Å²) in [6, 6.07) is 11.2. The molecule has 0 saturated heterocycles. The molecule has 3 N–H and O–H groups in total. The minimum Gasteiger partial charge on any atom is -0.384 e. The van der Waals surface area contributed by atoms with Gasteiger partial charge in [0.15, 0.2) is 0 Å². The standard InChI is InChI=1S/C15H15N5/c1-10(13-5-3-12(8-16)4-6-13)20-11(2)14-7-15(17)19-9-18-14/h3-7,9-10,20H,2H2,1H3,(H2,17,18,19)/t10-/m0/s1. The van der Waals surface area contributed by atoms with E-state index in [4.69, 9.17) is 11.0 Å². The quantitative estimate of drug-likeness (QED) is 0.885. The van der Waals surface area contributed by atoms with E-state index in [0.29, 0.717) is 22.8 Å². The summed E-state index contributed by atoms with van der Waals surface area (Å²) in [4.78, 5) is 7.96. The molecule has 0 saturated carbocycles. The van der Waals surface area contributed by atoms with Crippen molar-refractivity contribution in [1.29, 1.82) is 5.26 Å². The Bertz CT molecular complexity index is 655. The van der Waals surface area contributed by atoms with E-state index in [1.165, 1.54) is 6.33 Å². The van der Waals surface area contributed by atoms with Crippen LogP contribution in [0.25, 0.3) is 5.70 Å². The van der Waals surface area contributed by atoms with E-state index in [1.54, 1.807) is 18.2 Å². The minimum atomic E-state index is 0.0476. The van der Waals surface area contributed by atoms with Gasteiger partial charge < -0.3 is 11.1 Å². The van der Waals surface area contributed by atoms with Crippen LogP contribution >= 0.6 is 0 Å². The molecule has 0 amide bonds. The number of nitrogens with one attached hydrogen (secondary N) is 1. The zero-order chi connectivity index (χ0) is 14.5. The molecular formula is C15H15N5. The normalized spacial score (nSPS) is 11.4. The van der Waals surface area contributed by atoms with Gasteiger partial charge in [0.05, 0.1) is 23.0 Å². The summed E-state index contributed by atoms with van der Waals surface area (Å²) in [5, 5.41) is 12.0.